The second-order valence-corrected chi connectivity index (χ2v) is 5.64. The van der Waals surface area contributed by atoms with Crippen LogP contribution in [0.5, 0.6) is 0 Å². The van der Waals surface area contributed by atoms with Gasteiger partial charge in [-0.25, -0.2) is 10.8 Å². The van der Waals surface area contributed by atoms with Crippen LogP contribution in [0.1, 0.15) is 39.0 Å². The molecule has 112 valence electrons. The molecule has 0 amide bonds. The summed E-state index contributed by atoms with van der Waals surface area (Å²) < 4.78 is 1.72. The second-order valence-electron chi connectivity index (χ2n) is 5.64. The smallest absolute Gasteiger partial charge is 0.243 e. The largest absolute Gasteiger partial charge is 0.349 e. The molecule has 3 rings (SSSR count). The van der Waals surface area contributed by atoms with E-state index in [1.165, 1.54) is 19.3 Å². The molecule has 0 atom stereocenters. The first-order valence-electron chi connectivity index (χ1n) is 7.18. The average molecular weight is 288 g/mol. The fourth-order valence-electron chi connectivity index (χ4n) is 2.71. The molecule has 8 nitrogen and oxygen atoms in total. The van der Waals surface area contributed by atoms with Gasteiger partial charge in [-0.2, -0.15) is 15.0 Å². The number of anilines is 2. The third-order valence-corrected chi connectivity index (χ3v) is 3.86. The summed E-state index contributed by atoms with van der Waals surface area (Å²) in [5, 5.41) is 3.44. The average Bonchev–Trinajstić information content (AvgIpc) is 3.01. The molecule has 8 heteroatoms. The monoisotopic (exact) mass is 288 g/mol. The first-order chi connectivity index (χ1) is 10.2. The van der Waals surface area contributed by atoms with E-state index in [-0.39, 0.29) is 5.54 Å². The third kappa shape index (κ3) is 3.10. The first kappa shape index (κ1) is 13.7. The summed E-state index contributed by atoms with van der Waals surface area (Å²) in [4.78, 5) is 17.0. The number of aromatic nitrogens is 5. The van der Waals surface area contributed by atoms with Crippen LogP contribution in [0.2, 0.25) is 0 Å². The predicted molar refractivity (Wildman–Crippen MR) is 79.9 cm³/mol. The molecule has 0 spiro atoms. The highest BCUT2D eigenvalue weighted by Gasteiger charge is 2.27. The van der Waals surface area contributed by atoms with Crippen molar-refractivity contribution in [2.75, 3.05) is 10.7 Å². The third-order valence-electron chi connectivity index (χ3n) is 3.86. The van der Waals surface area contributed by atoms with Crippen LogP contribution in [0.25, 0.3) is 5.95 Å². The number of nitrogen functional groups attached to an aromatic ring is 1. The number of nitrogens with zero attached hydrogens (tertiary/aromatic N) is 5. The number of rotatable bonds is 4. The van der Waals surface area contributed by atoms with Crippen molar-refractivity contribution in [3.8, 4) is 5.95 Å². The Kier molecular flexibility index (Phi) is 3.70. The lowest BCUT2D eigenvalue weighted by atomic mass is 9.83. The highest BCUT2D eigenvalue weighted by Crippen LogP contribution is 2.30. The van der Waals surface area contributed by atoms with E-state index in [1.54, 1.807) is 23.3 Å². The summed E-state index contributed by atoms with van der Waals surface area (Å²) >= 11 is 0. The number of hydrogen-bond acceptors (Lipinski definition) is 7. The Hall–Kier alpha value is -2.22. The van der Waals surface area contributed by atoms with Crippen molar-refractivity contribution in [2.24, 2.45) is 5.84 Å². The van der Waals surface area contributed by atoms with Crippen LogP contribution in [0.15, 0.2) is 18.7 Å². The fraction of sp³-hybridized carbons (Fsp3) is 0.538. The van der Waals surface area contributed by atoms with Crippen LogP contribution in [-0.4, -0.2) is 30.0 Å². The van der Waals surface area contributed by atoms with E-state index in [2.05, 4.69) is 37.6 Å². The van der Waals surface area contributed by atoms with Crippen LogP contribution >= 0.6 is 0 Å². The van der Waals surface area contributed by atoms with Crippen molar-refractivity contribution in [3.05, 3.63) is 18.7 Å². The Morgan fingerprint density at radius 1 is 1.14 bits per heavy atom. The summed E-state index contributed by atoms with van der Waals surface area (Å²) in [7, 11) is 0. The van der Waals surface area contributed by atoms with E-state index in [4.69, 9.17) is 5.84 Å². The van der Waals surface area contributed by atoms with Gasteiger partial charge in [0.05, 0.1) is 0 Å². The van der Waals surface area contributed by atoms with E-state index >= 15 is 0 Å². The molecule has 1 aliphatic carbocycles. The second kappa shape index (κ2) is 5.65. The molecule has 1 saturated carbocycles. The molecule has 2 aromatic rings. The van der Waals surface area contributed by atoms with Gasteiger partial charge in [-0.05, 0) is 19.8 Å². The maximum absolute atomic E-state index is 5.45. The van der Waals surface area contributed by atoms with E-state index in [0.29, 0.717) is 17.8 Å². The number of hydrazine groups is 1. The first-order valence-corrected chi connectivity index (χ1v) is 7.18. The van der Waals surface area contributed by atoms with Gasteiger partial charge in [-0.15, -0.1) is 0 Å². The molecular formula is C13H20N8. The van der Waals surface area contributed by atoms with Crippen molar-refractivity contribution in [2.45, 2.75) is 44.6 Å². The van der Waals surface area contributed by atoms with Gasteiger partial charge in [0.1, 0.15) is 6.33 Å². The highest BCUT2D eigenvalue weighted by molar-refractivity contribution is 5.39. The summed E-state index contributed by atoms with van der Waals surface area (Å²) in [6.07, 6.45) is 11.1. The van der Waals surface area contributed by atoms with E-state index in [0.717, 1.165) is 12.8 Å². The Morgan fingerprint density at radius 3 is 2.57 bits per heavy atom. The molecule has 0 aromatic carbocycles. The topological polar surface area (TPSA) is 107 Å². The molecule has 0 saturated heterocycles. The summed E-state index contributed by atoms with van der Waals surface area (Å²) in [6, 6.07) is 0. The van der Waals surface area contributed by atoms with Crippen LogP contribution in [0.4, 0.5) is 11.9 Å². The van der Waals surface area contributed by atoms with Crippen molar-refractivity contribution in [3.63, 3.8) is 0 Å². The van der Waals surface area contributed by atoms with Gasteiger partial charge in [-0.3, -0.25) is 9.99 Å². The van der Waals surface area contributed by atoms with Gasteiger partial charge in [0, 0.05) is 17.9 Å². The molecule has 2 aromatic heterocycles. The molecule has 0 unspecified atom stereocenters. The normalized spacial score (nSPS) is 17.4. The van der Waals surface area contributed by atoms with E-state index in [1.807, 2.05) is 0 Å². The Bertz CT molecular complexity index is 588. The summed E-state index contributed by atoms with van der Waals surface area (Å²) in [6.45, 7) is 2.21. The molecule has 0 aliphatic heterocycles. The Morgan fingerprint density at radius 2 is 1.90 bits per heavy atom. The van der Waals surface area contributed by atoms with Gasteiger partial charge in [0.2, 0.25) is 17.8 Å². The van der Waals surface area contributed by atoms with Gasteiger partial charge in [0.25, 0.3) is 0 Å². The van der Waals surface area contributed by atoms with Gasteiger partial charge in [-0.1, -0.05) is 19.3 Å². The molecule has 0 radical (unpaired) electrons. The van der Waals surface area contributed by atoms with E-state index < -0.39 is 0 Å². The molecule has 4 N–H and O–H groups in total. The standard InChI is InChI=1S/C13H20N8/c1-13(5-3-2-4-6-13)19-10-16-11(20-14)18-12(17-10)21-8-7-15-9-21/h7-9H,2-6,14H2,1H3,(H2,16,17,18,19,20). The van der Waals surface area contributed by atoms with E-state index in [9.17, 15) is 0 Å². The zero-order valence-electron chi connectivity index (χ0n) is 12.1. The van der Waals surface area contributed by atoms with Gasteiger partial charge >= 0.3 is 0 Å². The fourth-order valence-corrected chi connectivity index (χ4v) is 2.71. The van der Waals surface area contributed by atoms with Gasteiger partial charge < -0.3 is 5.32 Å². The summed E-state index contributed by atoms with van der Waals surface area (Å²) in [5.74, 6) is 6.80. The lowest BCUT2D eigenvalue weighted by Crippen LogP contribution is -2.37. The van der Waals surface area contributed by atoms with Crippen molar-refractivity contribution >= 4 is 11.9 Å². The molecule has 2 heterocycles. The lowest BCUT2D eigenvalue weighted by Gasteiger charge is -2.34. The molecule has 21 heavy (non-hydrogen) atoms. The molecular weight excluding hydrogens is 268 g/mol. The predicted octanol–water partition coefficient (Wildman–Crippen LogP) is 1.48. The highest BCUT2D eigenvalue weighted by atomic mass is 15.4. The van der Waals surface area contributed by atoms with Gasteiger partial charge in [0.15, 0.2) is 0 Å². The summed E-state index contributed by atoms with van der Waals surface area (Å²) in [5.41, 5.74) is 2.51. The van der Waals surface area contributed by atoms with Crippen LogP contribution < -0.4 is 16.6 Å². The molecule has 0 bridgehead atoms. The van der Waals surface area contributed by atoms with Crippen LogP contribution in [0.3, 0.4) is 0 Å². The van der Waals surface area contributed by atoms with Crippen LogP contribution in [0, 0.1) is 0 Å². The van der Waals surface area contributed by atoms with Crippen molar-refractivity contribution < 1.29 is 0 Å². The maximum Gasteiger partial charge on any atom is 0.243 e. The minimum atomic E-state index is 0.0255. The number of imidazole rings is 1. The number of hydrogen-bond donors (Lipinski definition) is 3. The lowest BCUT2D eigenvalue weighted by molar-refractivity contribution is 0.347. The molecule has 1 aliphatic rings. The van der Waals surface area contributed by atoms with Crippen LogP contribution in [-0.2, 0) is 0 Å². The Balaban J connectivity index is 1.89. The maximum atomic E-state index is 5.45. The number of nitrogens with two attached hydrogens (primary N) is 1. The number of nitrogens with one attached hydrogen (secondary N) is 2. The van der Waals surface area contributed by atoms with Crippen molar-refractivity contribution in [1.82, 2.24) is 24.5 Å². The quantitative estimate of drug-likeness (QED) is 0.577. The zero-order chi connectivity index (χ0) is 14.7. The van der Waals surface area contributed by atoms with Crippen molar-refractivity contribution in [1.29, 1.82) is 0 Å². The SMILES string of the molecule is CC1(Nc2nc(NN)nc(-n3ccnc3)n2)CCCCC1. The minimum Gasteiger partial charge on any atom is -0.349 e. The molecule has 1 fully saturated rings. The zero-order valence-corrected chi connectivity index (χ0v) is 12.1. The minimum absolute atomic E-state index is 0.0255. The Labute approximate surface area is 123 Å².